The Balaban J connectivity index is 1.91. The molecule has 2 aliphatic heterocycles. The van der Waals surface area contributed by atoms with Crippen molar-refractivity contribution < 1.29 is 4.79 Å². The predicted molar refractivity (Wildman–Crippen MR) is 65.1 cm³/mol. The second-order valence-corrected chi connectivity index (χ2v) is 5.84. The molecule has 0 saturated carbocycles. The number of fused-ring (bicyclic) bond motifs is 1. The molecule has 0 spiro atoms. The summed E-state index contributed by atoms with van der Waals surface area (Å²) in [7, 11) is 0. The lowest BCUT2D eigenvalue weighted by Crippen LogP contribution is -2.41. The van der Waals surface area contributed by atoms with E-state index in [4.69, 9.17) is 5.26 Å². The standard InChI is InChI=1S/C13H21N3O/c1-13(2,9-14)5-7-16-8-11-10(12(16)17)4-3-6-15-11/h10-11,15H,3-8H2,1-2H3. The summed E-state index contributed by atoms with van der Waals surface area (Å²) in [5, 5.41) is 12.4. The zero-order valence-corrected chi connectivity index (χ0v) is 10.7. The lowest BCUT2D eigenvalue weighted by atomic mass is 9.91. The molecule has 0 bridgehead atoms. The van der Waals surface area contributed by atoms with Crippen molar-refractivity contribution in [3.05, 3.63) is 0 Å². The van der Waals surface area contributed by atoms with Crippen LogP contribution in [-0.2, 0) is 4.79 Å². The molecule has 0 aromatic carbocycles. The summed E-state index contributed by atoms with van der Waals surface area (Å²) in [6.07, 6.45) is 2.88. The van der Waals surface area contributed by atoms with Crippen molar-refractivity contribution >= 4 is 5.91 Å². The van der Waals surface area contributed by atoms with Crippen LogP contribution in [0.15, 0.2) is 0 Å². The number of rotatable bonds is 3. The third kappa shape index (κ3) is 2.61. The highest BCUT2D eigenvalue weighted by Crippen LogP contribution is 2.28. The van der Waals surface area contributed by atoms with Crippen LogP contribution in [0, 0.1) is 22.7 Å². The van der Waals surface area contributed by atoms with Gasteiger partial charge in [-0.15, -0.1) is 0 Å². The van der Waals surface area contributed by atoms with Crippen LogP contribution in [-0.4, -0.2) is 36.5 Å². The lowest BCUT2D eigenvalue weighted by molar-refractivity contribution is -0.131. The fraction of sp³-hybridized carbons (Fsp3) is 0.846. The first-order valence-corrected chi connectivity index (χ1v) is 6.47. The Hall–Kier alpha value is -1.08. The van der Waals surface area contributed by atoms with E-state index < -0.39 is 0 Å². The van der Waals surface area contributed by atoms with Gasteiger partial charge in [-0.05, 0) is 39.7 Å². The molecule has 2 aliphatic rings. The molecule has 94 valence electrons. The zero-order valence-electron chi connectivity index (χ0n) is 10.7. The van der Waals surface area contributed by atoms with Gasteiger partial charge in [0.2, 0.25) is 5.91 Å². The van der Waals surface area contributed by atoms with Crippen molar-refractivity contribution in [1.29, 1.82) is 5.26 Å². The van der Waals surface area contributed by atoms with Gasteiger partial charge in [0.25, 0.3) is 0 Å². The molecule has 1 N–H and O–H groups in total. The van der Waals surface area contributed by atoms with E-state index in [-0.39, 0.29) is 17.2 Å². The van der Waals surface area contributed by atoms with E-state index in [1.807, 2.05) is 18.7 Å². The average Bonchev–Trinajstić information content (AvgIpc) is 2.65. The molecule has 0 aromatic heterocycles. The number of carbonyl (C=O) groups excluding carboxylic acids is 1. The van der Waals surface area contributed by atoms with Gasteiger partial charge in [-0.3, -0.25) is 4.79 Å². The van der Waals surface area contributed by atoms with E-state index >= 15 is 0 Å². The van der Waals surface area contributed by atoms with Gasteiger partial charge in [0.05, 0.1) is 17.4 Å². The van der Waals surface area contributed by atoms with Gasteiger partial charge < -0.3 is 10.2 Å². The predicted octanol–water partition coefficient (Wildman–Crippen LogP) is 1.14. The summed E-state index contributed by atoms with van der Waals surface area (Å²) in [4.78, 5) is 14.1. The van der Waals surface area contributed by atoms with E-state index in [0.717, 1.165) is 32.4 Å². The molecule has 0 radical (unpaired) electrons. The Morgan fingerprint density at radius 1 is 1.59 bits per heavy atom. The van der Waals surface area contributed by atoms with Gasteiger partial charge >= 0.3 is 0 Å². The number of nitriles is 1. The van der Waals surface area contributed by atoms with E-state index in [2.05, 4.69) is 11.4 Å². The van der Waals surface area contributed by atoms with Crippen LogP contribution in [0.2, 0.25) is 0 Å². The van der Waals surface area contributed by atoms with E-state index in [9.17, 15) is 4.79 Å². The van der Waals surface area contributed by atoms with Crippen LogP contribution in [0.1, 0.15) is 33.1 Å². The molecule has 4 heteroatoms. The number of hydrogen-bond acceptors (Lipinski definition) is 3. The molecule has 2 rings (SSSR count). The summed E-state index contributed by atoms with van der Waals surface area (Å²) < 4.78 is 0. The number of nitrogens with one attached hydrogen (secondary N) is 1. The van der Waals surface area contributed by atoms with Gasteiger partial charge in [0.15, 0.2) is 0 Å². The first-order valence-electron chi connectivity index (χ1n) is 6.47. The van der Waals surface area contributed by atoms with Crippen LogP contribution in [0.5, 0.6) is 0 Å². The Labute approximate surface area is 103 Å². The van der Waals surface area contributed by atoms with Crippen LogP contribution in [0.4, 0.5) is 0 Å². The molecule has 2 unspecified atom stereocenters. The highest BCUT2D eigenvalue weighted by Gasteiger charge is 2.41. The summed E-state index contributed by atoms with van der Waals surface area (Å²) in [6, 6.07) is 2.64. The molecule has 1 amide bonds. The number of likely N-dealkylation sites (tertiary alicyclic amines) is 1. The van der Waals surface area contributed by atoms with Gasteiger partial charge in [-0.2, -0.15) is 5.26 Å². The topological polar surface area (TPSA) is 56.1 Å². The highest BCUT2D eigenvalue weighted by atomic mass is 16.2. The third-order valence-corrected chi connectivity index (χ3v) is 3.94. The molecule has 2 fully saturated rings. The minimum absolute atomic E-state index is 0.189. The Bertz CT molecular complexity index is 345. The highest BCUT2D eigenvalue weighted by molar-refractivity contribution is 5.82. The summed E-state index contributed by atoms with van der Waals surface area (Å²) in [5.41, 5.74) is -0.332. The quantitative estimate of drug-likeness (QED) is 0.798. The Kier molecular flexibility index (Phi) is 3.39. The van der Waals surface area contributed by atoms with E-state index in [0.29, 0.717) is 12.6 Å². The maximum absolute atomic E-state index is 12.1. The SMILES string of the molecule is CC(C)(C#N)CCN1CC2NCCCC2C1=O. The average molecular weight is 235 g/mol. The minimum atomic E-state index is -0.332. The molecule has 0 aromatic rings. The van der Waals surface area contributed by atoms with Gasteiger partial charge in [-0.1, -0.05) is 0 Å². The van der Waals surface area contributed by atoms with Gasteiger partial charge in [-0.25, -0.2) is 0 Å². The number of hydrogen-bond donors (Lipinski definition) is 1. The number of nitrogens with zero attached hydrogens (tertiary/aromatic N) is 2. The molecule has 4 nitrogen and oxygen atoms in total. The second kappa shape index (κ2) is 4.66. The molecule has 2 saturated heterocycles. The third-order valence-electron chi connectivity index (χ3n) is 3.94. The normalized spacial score (nSPS) is 29.0. The fourth-order valence-corrected chi connectivity index (χ4v) is 2.67. The fourth-order valence-electron chi connectivity index (χ4n) is 2.67. The maximum Gasteiger partial charge on any atom is 0.227 e. The monoisotopic (exact) mass is 235 g/mol. The van der Waals surface area contributed by atoms with Crippen LogP contribution in [0.25, 0.3) is 0 Å². The first-order chi connectivity index (χ1) is 8.03. The first kappa shape index (κ1) is 12.4. The number of carbonyl (C=O) groups is 1. The molecule has 2 atom stereocenters. The summed E-state index contributed by atoms with van der Waals surface area (Å²) in [6.45, 7) is 6.43. The molecule has 2 heterocycles. The Morgan fingerprint density at radius 3 is 3.00 bits per heavy atom. The Morgan fingerprint density at radius 2 is 2.35 bits per heavy atom. The van der Waals surface area contributed by atoms with Crippen LogP contribution >= 0.6 is 0 Å². The number of amides is 1. The summed E-state index contributed by atoms with van der Waals surface area (Å²) in [5.74, 6) is 0.477. The van der Waals surface area contributed by atoms with E-state index in [1.54, 1.807) is 0 Å². The van der Waals surface area contributed by atoms with E-state index in [1.165, 1.54) is 0 Å². The van der Waals surface area contributed by atoms with Crippen LogP contribution in [0.3, 0.4) is 0 Å². The smallest absolute Gasteiger partial charge is 0.227 e. The van der Waals surface area contributed by atoms with Gasteiger partial charge in [0.1, 0.15) is 0 Å². The van der Waals surface area contributed by atoms with Crippen molar-refractivity contribution in [2.24, 2.45) is 11.3 Å². The second-order valence-electron chi connectivity index (χ2n) is 5.84. The molecule has 17 heavy (non-hydrogen) atoms. The van der Waals surface area contributed by atoms with Crippen molar-refractivity contribution in [2.45, 2.75) is 39.2 Å². The number of piperidine rings is 1. The van der Waals surface area contributed by atoms with Crippen molar-refractivity contribution in [3.63, 3.8) is 0 Å². The van der Waals surface area contributed by atoms with Crippen molar-refractivity contribution in [2.75, 3.05) is 19.6 Å². The lowest BCUT2D eigenvalue weighted by Gasteiger charge is -2.23. The van der Waals surface area contributed by atoms with Crippen molar-refractivity contribution in [1.82, 2.24) is 10.2 Å². The van der Waals surface area contributed by atoms with Gasteiger partial charge in [0, 0.05) is 19.1 Å². The largest absolute Gasteiger partial charge is 0.341 e. The van der Waals surface area contributed by atoms with Crippen molar-refractivity contribution in [3.8, 4) is 6.07 Å². The zero-order chi connectivity index (χ0) is 12.5. The molecular weight excluding hydrogens is 214 g/mol. The molecule has 0 aliphatic carbocycles. The minimum Gasteiger partial charge on any atom is -0.341 e. The van der Waals surface area contributed by atoms with Crippen LogP contribution < -0.4 is 5.32 Å². The maximum atomic E-state index is 12.1. The molecular formula is C13H21N3O. The summed E-state index contributed by atoms with van der Waals surface area (Å²) >= 11 is 0.